The number of rotatable bonds is 6. The first-order valence-electron chi connectivity index (χ1n) is 6.84. The molecule has 118 valence electrons. The number of aromatic nitrogens is 4. The molecular weight excluding hydrogens is 318 g/mol. The van der Waals surface area contributed by atoms with Crippen molar-refractivity contribution >= 4 is 34.5 Å². The fourth-order valence-electron chi connectivity index (χ4n) is 1.72. The highest BCUT2D eigenvalue weighted by Crippen LogP contribution is 2.26. The number of benzene rings is 1. The van der Waals surface area contributed by atoms with Crippen LogP contribution in [0.2, 0.25) is 5.02 Å². The number of tetrazole rings is 1. The molecule has 8 nitrogen and oxygen atoms in total. The second kappa shape index (κ2) is 7.91. The van der Waals surface area contributed by atoms with Crippen LogP contribution < -0.4 is 10.6 Å². The summed E-state index contributed by atoms with van der Waals surface area (Å²) in [5, 5.41) is 28.3. The summed E-state index contributed by atoms with van der Waals surface area (Å²) in [6.45, 7) is 1.93. The minimum absolute atomic E-state index is 0.0844. The van der Waals surface area contributed by atoms with Gasteiger partial charge in [-0.15, -0.1) is 10.2 Å². The maximum atomic E-state index is 11.6. The Morgan fingerprint density at radius 2 is 2.35 bits per heavy atom. The van der Waals surface area contributed by atoms with Crippen molar-refractivity contribution in [1.82, 2.24) is 20.6 Å². The van der Waals surface area contributed by atoms with Gasteiger partial charge in [0.05, 0.1) is 10.7 Å². The molecule has 23 heavy (non-hydrogen) atoms. The molecule has 0 aliphatic carbocycles. The van der Waals surface area contributed by atoms with Crippen LogP contribution in [0.15, 0.2) is 24.4 Å². The molecule has 3 N–H and O–H groups in total. The molecule has 1 aromatic heterocycles. The molecule has 2 rings (SSSR count). The van der Waals surface area contributed by atoms with Gasteiger partial charge in [-0.05, 0) is 29.8 Å². The lowest BCUT2D eigenvalue weighted by molar-refractivity contribution is -0.116. The number of H-pyrrole nitrogens is 1. The van der Waals surface area contributed by atoms with Crippen molar-refractivity contribution in [2.24, 2.45) is 0 Å². The summed E-state index contributed by atoms with van der Waals surface area (Å²) in [5.74, 6) is 0.105. The van der Waals surface area contributed by atoms with Crippen molar-refractivity contribution in [3.8, 4) is 6.07 Å². The van der Waals surface area contributed by atoms with Gasteiger partial charge in [0.1, 0.15) is 11.6 Å². The van der Waals surface area contributed by atoms with E-state index in [0.717, 1.165) is 6.42 Å². The van der Waals surface area contributed by atoms with Crippen LogP contribution in [0.25, 0.3) is 5.57 Å². The summed E-state index contributed by atoms with van der Waals surface area (Å²) in [6.07, 6.45) is 2.65. The number of amides is 1. The fourth-order valence-corrected chi connectivity index (χ4v) is 1.95. The lowest BCUT2D eigenvalue weighted by atomic mass is 10.2. The monoisotopic (exact) mass is 331 g/mol. The van der Waals surface area contributed by atoms with Crippen molar-refractivity contribution in [3.05, 3.63) is 35.2 Å². The first kappa shape index (κ1) is 16.5. The van der Waals surface area contributed by atoms with Gasteiger partial charge in [0, 0.05) is 18.3 Å². The maximum Gasteiger partial charge on any atom is 0.224 e. The van der Waals surface area contributed by atoms with E-state index < -0.39 is 0 Å². The number of nitriles is 1. The average Bonchev–Trinajstić information content (AvgIpc) is 3.05. The third kappa shape index (κ3) is 4.52. The Bertz CT molecular complexity index is 749. The van der Waals surface area contributed by atoms with Crippen LogP contribution in [0.3, 0.4) is 0 Å². The van der Waals surface area contributed by atoms with Crippen molar-refractivity contribution in [2.75, 3.05) is 10.6 Å². The van der Waals surface area contributed by atoms with E-state index >= 15 is 0 Å². The number of carbonyl (C=O) groups excluding carboxylic acids is 1. The SMILES string of the molecule is CCCC(=O)Nc1ccc(NC=C(C#N)c2nn[nH]n2)cc1Cl. The zero-order valence-electron chi connectivity index (χ0n) is 12.3. The van der Waals surface area contributed by atoms with E-state index in [1.165, 1.54) is 6.20 Å². The van der Waals surface area contributed by atoms with E-state index in [1.54, 1.807) is 18.2 Å². The predicted octanol–water partition coefficient (Wildman–Crippen LogP) is 2.57. The molecule has 0 saturated carbocycles. The zero-order valence-corrected chi connectivity index (χ0v) is 13.1. The highest BCUT2D eigenvalue weighted by molar-refractivity contribution is 6.34. The van der Waals surface area contributed by atoms with Crippen LogP contribution in [0.5, 0.6) is 0 Å². The number of aromatic amines is 1. The van der Waals surface area contributed by atoms with E-state index in [9.17, 15) is 4.79 Å². The Labute approximate surface area is 137 Å². The standard InChI is InChI=1S/C14H14ClN7O/c1-2-3-13(23)18-12-5-4-10(6-11(12)15)17-8-9(7-16)14-19-21-22-20-14/h4-6,8,17H,2-3H2,1H3,(H,18,23)(H,19,20,21,22). The molecule has 0 aliphatic rings. The molecular formula is C14H14ClN7O. The number of allylic oxidation sites excluding steroid dienone is 1. The smallest absolute Gasteiger partial charge is 0.224 e. The number of halogens is 1. The first-order valence-corrected chi connectivity index (χ1v) is 7.22. The molecule has 0 atom stereocenters. The molecule has 0 bridgehead atoms. The topological polar surface area (TPSA) is 119 Å². The van der Waals surface area contributed by atoms with Crippen LogP contribution in [-0.4, -0.2) is 26.5 Å². The Hall–Kier alpha value is -2.92. The first-order chi connectivity index (χ1) is 11.1. The fraction of sp³-hybridized carbons (Fsp3) is 0.214. The zero-order chi connectivity index (χ0) is 16.7. The van der Waals surface area contributed by atoms with Crippen LogP contribution >= 0.6 is 11.6 Å². The molecule has 0 fully saturated rings. The minimum atomic E-state index is -0.0844. The number of nitrogens with zero attached hydrogens (tertiary/aromatic N) is 4. The number of nitrogens with one attached hydrogen (secondary N) is 3. The lowest BCUT2D eigenvalue weighted by Crippen LogP contribution is -2.10. The van der Waals surface area contributed by atoms with Crippen LogP contribution in [0.4, 0.5) is 11.4 Å². The Morgan fingerprint density at radius 3 is 2.96 bits per heavy atom. The molecule has 9 heteroatoms. The Morgan fingerprint density at radius 1 is 1.52 bits per heavy atom. The summed E-state index contributed by atoms with van der Waals surface area (Å²) in [5.41, 5.74) is 1.41. The van der Waals surface area contributed by atoms with Gasteiger partial charge in [0.15, 0.2) is 0 Å². The van der Waals surface area contributed by atoms with Crippen molar-refractivity contribution in [1.29, 1.82) is 5.26 Å². The summed E-state index contributed by atoms with van der Waals surface area (Å²) in [6, 6.07) is 7.03. The van der Waals surface area contributed by atoms with Gasteiger partial charge < -0.3 is 10.6 Å². The molecule has 1 aromatic carbocycles. The number of hydrogen-bond acceptors (Lipinski definition) is 6. The highest BCUT2D eigenvalue weighted by atomic mass is 35.5. The van der Waals surface area contributed by atoms with Gasteiger partial charge in [-0.1, -0.05) is 18.5 Å². The predicted molar refractivity (Wildman–Crippen MR) is 86.4 cm³/mol. The summed E-state index contributed by atoms with van der Waals surface area (Å²) < 4.78 is 0. The van der Waals surface area contributed by atoms with Crippen molar-refractivity contribution < 1.29 is 4.79 Å². The van der Waals surface area contributed by atoms with Gasteiger partial charge in [-0.2, -0.15) is 10.5 Å². The van der Waals surface area contributed by atoms with Gasteiger partial charge in [0.2, 0.25) is 11.7 Å². The summed E-state index contributed by atoms with van der Waals surface area (Å²) >= 11 is 6.14. The van der Waals surface area contributed by atoms with Gasteiger partial charge in [0.25, 0.3) is 0 Å². The second-order valence-electron chi connectivity index (χ2n) is 4.54. The average molecular weight is 332 g/mol. The number of anilines is 2. The molecule has 1 amide bonds. The third-order valence-corrected chi connectivity index (χ3v) is 3.12. The van der Waals surface area contributed by atoms with Crippen LogP contribution in [0.1, 0.15) is 25.6 Å². The van der Waals surface area contributed by atoms with E-state index in [2.05, 4.69) is 31.3 Å². The van der Waals surface area contributed by atoms with Crippen LogP contribution in [0, 0.1) is 11.3 Å². The second-order valence-corrected chi connectivity index (χ2v) is 4.95. The maximum absolute atomic E-state index is 11.6. The van der Waals surface area contributed by atoms with E-state index in [4.69, 9.17) is 16.9 Å². The molecule has 0 aliphatic heterocycles. The van der Waals surface area contributed by atoms with Gasteiger partial charge >= 0.3 is 0 Å². The van der Waals surface area contributed by atoms with Gasteiger partial charge in [-0.3, -0.25) is 4.79 Å². The van der Waals surface area contributed by atoms with Crippen LogP contribution in [-0.2, 0) is 4.79 Å². The van der Waals surface area contributed by atoms with Crippen molar-refractivity contribution in [3.63, 3.8) is 0 Å². The Kier molecular flexibility index (Phi) is 5.66. The van der Waals surface area contributed by atoms with Crippen molar-refractivity contribution in [2.45, 2.75) is 19.8 Å². The normalized spacial score (nSPS) is 10.9. The molecule has 1 heterocycles. The molecule has 0 saturated heterocycles. The molecule has 2 aromatic rings. The lowest BCUT2D eigenvalue weighted by Gasteiger charge is -2.08. The van der Waals surface area contributed by atoms with E-state index in [1.807, 2.05) is 13.0 Å². The Balaban J connectivity index is 2.09. The van der Waals surface area contributed by atoms with E-state index in [0.29, 0.717) is 22.8 Å². The minimum Gasteiger partial charge on any atom is -0.360 e. The molecule has 0 radical (unpaired) electrons. The third-order valence-electron chi connectivity index (χ3n) is 2.81. The summed E-state index contributed by atoms with van der Waals surface area (Å²) in [7, 11) is 0. The number of hydrogen-bond donors (Lipinski definition) is 3. The molecule has 0 unspecified atom stereocenters. The highest BCUT2D eigenvalue weighted by Gasteiger charge is 2.07. The quantitative estimate of drug-likeness (QED) is 0.700. The van der Waals surface area contributed by atoms with Gasteiger partial charge in [-0.25, -0.2) is 0 Å². The van der Waals surface area contributed by atoms with E-state index in [-0.39, 0.29) is 17.3 Å². The molecule has 0 spiro atoms. The summed E-state index contributed by atoms with van der Waals surface area (Å²) in [4.78, 5) is 11.6. The number of carbonyl (C=O) groups is 1. The largest absolute Gasteiger partial charge is 0.360 e.